The molecule has 23 heavy (non-hydrogen) atoms. The molecule has 124 valence electrons. The number of rotatable bonds is 5. The smallest absolute Gasteiger partial charge is 0.414 e. The van der Waals surface area contributed by atoms with E-state index >= 15 is 0 Å². The molecule has 0 bridgehead atoms. The maximum atomic E-state index is 12.0. The Bertz CT molecular complexity index is 618. The molecular formula is C18H26N2O2Si. The Kier molecular flexibility index (Phi) is 5.79. The van der Waals surface area contributed by atoms with Crippen LogP contribution in [0.5, 0.6) is 0 Å². The second kappa shape index (κ2) is 7.61. The molecule has 1 aliphatic heterocycles. The lowest BCUT2D eigenvalue weighted by Gasteiger charge is -2.22. The van der Waals surface area contributed by atoms with Crippen molar-refractivity contribution in [3.05, 3.63) is 53.7 Å². The number of nitrogens with two attached hydrogens (primary N) is 1. The number of carbonyl (C=O) groups is 1. The van der Waals surface area contributed by atoms with Crippen LogP contribution >= 0.6 is 0 Å². The van der Waals surface area contributed by atoms with Crippen LogP contribution in [0.2, 0.25) is 25.7 Å². The summed E-state index contributed by atoms with van der Waals surface area (Å²) >= 11 is 0. The molecule has 0 unspecified atom stereocenters. The van der Waals surface area contributed by atoms with Crippen LogP contribution in [0, 0.1) is 0 Å². The van der Waals surface area contributed by atoms with Crippen molar-refractivity contribution in [2.45, 2.75) is 32.2 Å². The Balaban J connectivity index is 1.90. The van der Waals surface area contributed by atoms with Crippen molar-refractivity contribution in [1.29, 1.82) is 0 Å². The Hall–Kier alpha value is -1.85. The molecule has 1 aromatic carbocycles. The lowest BCUT2D eigenvalue weighted by atomic mass is 10.0. The predicted molar refractivity (Wildman–Crippen MR) is 97.7 cm³/mol. The highest BCUT2D eigenvalue weighted by molar-refractivity contribution is 6.76. The van der Waals surface area contributed by atoms with Crippen LogP contribution in [-0.2, 0) is 11.3 Å². The fourth-order valence-electron chi connectivity index (χ4n) is 2.25. The van der Waals surface area contributed by atoms with Crippen LogP contribution in [0.3, 0.4) is 0 Å². The number of nitrogens with zero attached hydrogens (tertiary/aromatic N) is 1. The summed E-state index contributed by atoms with van der Waals surface area (Å²) in [5, 5.41) is 0. The van der Waals surface area contributed by atoms with Gasteiger partial charge in [0, 0.05) is 27.4 Å². The molecule has 5 heteroatoms. The lowest BCUT2D eigenvalue weighted by molar-refractivity contribution is 0.125. The first-order valence-electron chi connectivity index (χ1n) is 8.00. The zero-order valence-electron chi connectivity index (χ0n) is 14.2. The summed E-state index contributed by atoms with van der Waals surface area (Å²) < 4.78 is 5.36. The molecular weight excluding hydrogens is 304 g/mol. The largest absolute Gasteiger partial charge is 0.449 e. The minimum Gasteiger partial charge on any atom is -0.449 e. The van der Waals surface area contributed by atoms with E-state index < -0.39 is 8.07 Å². The fraction of sp³-hybridized carbons (Fsp3) is 0.389. The maximum Gasteiger partial charge on any atom is 0.414 e. The van der Waals surface area contributed by atoms with Crippen molar-refractivity contribution >= 4 is 19.7 Å². The molecule has 0 spiro atoms. The lowest BCUT2D eigenvalue weighted by Crippen LogP contribution is -2.30. The van der Waals surface area contributed by atoms with Crippen LogP contribution < -0.4 is 5.73 Å². The number of allylic oxidation sites excluding steroid dienone is 2. The first-order valence-corrected chi connectivity index (χ1v) is 11.7. The Labute approximate surface area is 139 Å². The number of hydrogen-bond acceptors (Lipinski definition) is 3. The second-order valence-corrected chi connectivity index (χ2v) is 12.6. The van der Waals surface area contributed by atoms with E-state index in [4.69, 9.17) is 10.5 Å². The average Bonchev–Trinajstić information content (AvgIpc) is 2.54. The van der Waals surface area contributed by atoms with Gasteiger partial charge in [0.2, 0.25) is 0 Å². The van der Waals surface area contributed by atoms with Crippen molar-refractivity contribution in [3.63, 3.8) is 0 Å². The number of ether oxygens (including phenoxy) is 1. The fourth-order valence-corrected chi connectivity index (χ4v) is 2.97. The number of carbonyl (C=O) groups excluding carboxylic acids is 1. The zero-order valence-corrected chi connectivity index (χ0v) is 15.2. The maximum absolute atomic E-state index is 12.0. The molecule has 0 fully saturated rings. The number of benzene rings is 1. The molecule has 1 aromatic rings. The molecule has 0 saturated carbocycles. The summed E-state index contributed by atoms with van der Waals surface area (Å²) in [6, 6.07) is 9.14. The van der Waals surface area contributed by atoms with Crippen molar-refractivity contribution in [3.8, 4) is 0 Å². The van der Waals surface area contributed by atoms with E-state index in [0.717, 1.165) is 22.7 Å². The molecule has 0 atom stereocenters. The summed E-state index contributed by atoms with van der Waals surface area (Å²) in [5.41, 5.74) is 9.01. The van der Waals surface area contributed by atoms with Gasteiger partial charge < -0.3 is 10.5 Å². The highest BCUT2D eigenvalue weighted by Gasteiger charge is 2.17. The van der Waals surface area contributed by atoms with Crippen LogP contribution in [0.4, 0.5) is 4.79 Å². The third-order valence-electron chi connectivity index (χ3n) is 3.75. The van der Waals surface area contributed by atoms with Gasteiger partial charge in [0.05, 0.1) is 6.61 Å². The van der Waals surface area contributed by atoms with Crippen molar-refractivity contribution in [2.75, 3.05) is 13.2 Å². The summed E-state index contributed by atoms with van der Waals surface area (Å²) in [6.45, 7) is 8.38. The normalized spacial score (nSPS) is 14.6. The van der Waals surface area contributed by atoms with Gasteiger partial charge in [-0.3, -0.25) is 4.90 Å². The molecule has 4 nitrogen and oxygen atoms in total. The highest BCUT2D eigenvalue weighted by Crippen LogP contribution is 2.21. The molecule has 1 amide bonds. The topological polar surface area (TPSA) is 55.6 Å². The van der Waals surface area contributed by atoms with Crippen LogP contribution in [0.15, 0.2) is 42.6 Å². The Morgan fingerprint density at radius 2 is 2.13 bits per heavy atom. The van der Waals surface area contributed by atoms with Crippen molar-refractivity contribution < 1.29 is 9.53 Å². The Morgan fingerprint density at radius 1 is 1.35 bits per heavy atom. The van der Waals surface area contributed by atoms with Gasteiger partial charge in [0.15, 0.2) is 0 Å². The van der Waals surface area contributed by atoms with E-state index in [1.807, 2.05) is 24.3 Å². The van der Waals surface area contributed by atoms with Gasteiger partial charge in [-0.25, -0.2) is 4.79 Å². The molecule has 0 aromatic heterocycles. The third-order valence-corrected chi connectivity index (χ3v) is 5.45. The molecule has 2 rings (SSSR count). The van der Waals surface area contributed by atoms with Gasteiger partial charge >= 0.3 is 6.09 Å². The van der Waals surface area contributed by atoms with Crippen LogP contribution in [0.25, 0.3) is 5.57 Å². The van der Waals surface area contributed by atoms with Gasteiger partial charge in [0.25, 0.3) is 0 Å². The van der Waals surface area contributed by atoms with Gasteiger partial charge in [-0.05, 0) is 34.9 Å². The van der Waals surface area contributed by atoms with Crippen molar-refractivity contribution in [2.24, 2.45) is 5.73 Å². The third kappa shape index (κ3) is 5.37. The first-order chi connectivity index (χ1) is 10.9. The quantitative estimate of drug-likeness (QED) is 0.835. The summed E-state index contributed by atoms with van der Waals surface area (Å²) in [4.78, 5) is 13.6. The summed E-state index contributed by atoms with van der Waals surface area (Å²) in [7, 11) is -1.17. The minimum atomic E-state index is -1.17. The van der Waals surface area contributed by atoms with Gasteiger partial charge in [0.1, 0.15) is 0 Å². The Morgan fingerprint density at radius 3 is 2.74 bits per heavy atom. The van der Waals surface area contributed by atoms with E-state index in [0.29, 0.717) is 19.7 Å². The van der Waals surface area contributed by atoms with Gasteiger partial charge in [-0.1, -0.05) is 43.9 Å². The van der Waals surface area contributed by atoms with E-state index in [9.17, 15) is 4.79 Å². The highest BCUT2D eigenvalue weighted by atomic mass is 28.3. The molecule has 0 radical (unpaired) electrons. The molecule has 1 heterocycles. The van der Waals surface area contributed by atoms with Crippen molar-refractivity contribution in [1.82, 2.24) is 4.90 Å². The summed E-state index contributed by atoms with van der Waals surface area (Å²) in [6.07, 6.45) is 5.50. The van der Waals surface area contributed by atoms with Gasteiger partial charge in [-0.15, -0.1) is 0 Å². The predicted octanol–water partition coefficient (Wildman–Crippen LogP) is 3.83. The molecule has 0 aliphatic carbocycles. The van der Waals surface area contributed by atoms with E-state index in [-0.39, 0.29) is 6.09 Å². The standard InChI is InChI=1S/C18H26N2O2Si/c1-23(2,3)12-11-22-18(21)20-9-7-16(8-10-20)17-6-4-5-15(13-17)14-19/h4-9,13H,10-12,14,19H2,1-3H3. The minimum absolute atomic E-state index is 0.273. The molecule has 0 saturated heterocycles. The first kappa shape index (κ1) is 17.5. The average molecular weight is 331 g/mol. The monoisotopic (exact) mass is 330 g/mol. The van der Waals surface area contributed by atoms with E-state index in [2.05, 4.69) is 31.8 Å². The van der Waals surface area contributed by atoms with Gasteiger partial charge in [-0.2, -0.15) is 0 Å². The molecule has 1 aliphatic rings. The van der Waals surface area contributed by atoms with Crippen LogP contribution in [0.1, 0.15) is 11.1 Å². The SMILES string of the molecule is C[Si](C)(C)CCOC(=O)N1C=CC(c2cccc(CN)c2)=CC1. The number of hydrogen-bond donors (Lipinski definition) is 1. The van der Waals surface area contributed by atoms with E-state index in [1.165, 1.54) is 0 Å². The zero-order chi connectivity index (χ0) is 16.9. The second-order valence-electron chi connectivity index (χ2n) is 6.96. The summed E-state index contributed by atoms with van der Waals surface area (Å²) in [5.74, 6) is 0. The number of amides is 1. The van der Waals surface area contributed by atoms with Crippen LogP contribution in [-0.4, -0.2) is 32.2 Å². The van der Waals surface area contributed by atoms with E-state index in [1.54, 1.807) is 11.1 Å². The molecule has 2 N–H and O–H groups in total.